The van der Waals surface area contributed by atoms with E-state index in [-0.39, 0.29) is 5.54 Å². The molecule has 3 nitrogen and oxygen atoms in total. The third-order valence-corrected chi connectivity index (χ3v) is 4.10. The van der Waals surface area contributed by atoms with Crippen molar-refractivity contribution < 1.29 is 0 Å². The molecule has 1 heterocycles. The molecular formula is C15H25N3. The fourth-order valence-corrected chi connectivity index (χ4v) is 1.82. The highest BCUT2D eigenvalue weighted by Crippen LogP contribution is 2.23. The SMILES string of the molecule is CCC(C)(C)N(C)c1ccc(CNC2CC2)cn1. The van der Waals surface area contributed by atoms with Crippen LogP contribution < -0.4 is 10.2 Å². The second-order valence-corrected chi connectivity index (χ2v) is 5.90. The summed E-state index contributed by atoms with van der Waals surface area (Å²) in [6.45, 7) is 7.65. The second-order valence-electron chi connectivity index (χ2n) is 5.90. The Morgan fingerprint density at radius 1 is 1.39 bits per heavy atom. The molecule has 2 rings (SSSR count). The van der Waals surface area contributed by atoms with Crippen LogP contribution in [0.5, 0.6) is 0 Å². The van der Waals surface area contributed by atoms with Crippen LogP contribution in [0.25, 0.3) is 0 Å². The maximum atomic E-state index is 4.58. The second kappa shape index (κ2) is 5.27. The van der Waals surface area contributed by atoms with E-state index in [1.807, 2.05) is 6.20 Å². The lowest BCUT2D eigenvalue weighted by atomic mass is 10.00. The van der Waals surface area contributed by atoms with Crippen molar-refractivity contribution in [3.05, 3.63) is 23.9 Å². The standard InChI is InChI=1S/C15H25N3/c1-5-15(2,3)18(4)14-9-6-12(11-17-14)10-16-13-7-8-13/h6,9,11,13,16H,5,7-8,10H2,1-4H3. The molecule has 0 radical (unpaired) electrons. The van der Waals surface area contributed by atoms with Crippen molar-refractivity contribution in [1.82, 2.24) is 10.3 Å². The Kier molecular flexibility index (Phi) is 3.91. The Labute approximate surface area is 111 Å². The smallest absolute Gasteiger partial charge is 0.128 e. The Hall–Kier alpha value is -1.09. The zero-order valence-electron chi connectivity index (χ0n) is 12.0. The number of nitrogens with one attached hydrogen (secondary N) is 1. The molecule has 0 aliphatic heterocycles. The van der Waals surface area contributed by atoms with Gasteiger partial charge in [-0.2, -0.15) is 0 Å². The van der Waals surface area contributed by atoms with E-state index in [4.69, 9.17) is 0 Å². The van der Waals surface area contributed by atoms with Gasteiger partial charge >= 0.3 is 0 Å². The molecule has 1 aromatic heterocycles. The largest absolute Gasteiger partial charge is 0.355 e. The van der Waals surface area contributed by atoms with Crippen molar-refractivity contribution in [2.24, 2.45) is 0 Å². The van der Waals surface area contributed by atoms with E-state index >= 15 is 0 Å². The molecule has 100 valence electrons. The van der Waals surface area contributed by atoms with E-state index in [1.54, 1.807) is 0 Å². The van der Waals surface area contributed by atoms with E-state index in [0.717, 1.165) is 24.8 Å². The van der Waals surface area contributed by atoms with E-state index in [0.29, 0.717) is 0 Å². The van der Waals surface area contributed by atoms with Crippen molar-refractivity contribution in [2.45, 2.75) is 58.2 Å². The Balaban J connectivity index is 1.97. The highest BCUT2D eigenvalue weighted by Gasteiger charge is 2.22. The van der Waals surface area contributed by atoms with Gasteiger partial charge in [-0.15, -0.1) is 0 Å². The lowest BCUT2D eigenvalue weighted by molar-refractivity contribution is 0.467. The summed E-state index contributed by atoms with van der Waals surface area (Å²) in [5, 5.41) is 3.51. The van der Waals surface area contributed by atoms with Crippen LogP contribution >= 0.6 is 0 Å². The van der Waals surface area contributed by atoms with Crippen LogP contribution in [0.2, 0.25) is 0 Å². The quantitative estimate of drug-likeness (QED) is 0.837. The number of pyridine rings is 1. The molecule has 1 fully saturated rings. The third kappa shape index (κ3) is 3.22. The minimum absolute atomic E-state index is 0.154. The first-order valence-corrected chi connectivity index (χ1v) is 6.95. The van der Waals surface area contributed by atoms with E-state index < -0.39 is 0 Å². The molecule has 1 aromatic rings. The lowest BCUT2D eigenvalue weighted by Gasteiger charge is -2.35. The van der Waals surface area contributed by atoms with Crippen molar-refractivity contribution in [3.63, 3.8) is 0 Å². The highest BCUT2D eigenvalue weighted by molar-refractivity contribution is 5.41. The van der Waals surface area contributed by atoms with Crippen molar-refractivity contribution in [2.75, 3.05) is 11.9 Å². The molecule has 1 aliphatic carbocycles. The Bertz CT molecular complexity index is 379. The number of hydrogen-bond donors (Lipinski definition) is 1. The number of nitrogens with zero attached hydrogens (tertiary/aromatic N) is 2. The average Bonchev–Trinajstić information content (AvgIpc) is 3.20. The molecule has 0 saturated heterocycles. The predicted octanol–water partition coefficient (Wildman–Crippen LogP) is 2.96. The van der Waals surface area contributed by atoms with E-state index in [2.05, 4.69) is 55.2 Å². The molecule has 0 bridgehead atoms. The van der Waals surface area contributed by atoms with Crippen LogP contribution in [0.15, 0.2) is 18.3 Å². The zero-order chi connectivity index (χ0) is 13.2. The van der Waals surface area contributed by atoms with E-state index in [9.17, 15) is 0 Å². The molecule has 1 aliphatic rings. The summed E-state index contributed by atoms with van der Waals surface area (Å²) in [6, 6.07) is 5.06. The normalized spacial score (nSPS) is 15.8. The first kappa shape index (κ1) is 13.3. The number of rotatable bonds is 6. The first-order chi connectivity index (χ1) is 8.53. The van der Waals surface area contributed by atoms with Gasteiger partial charge in [-0.05, 0) is 44.7 Å². The fraction of sp³-hybridized carbons (Fsp3) is 0.667. The van der Waals surface area contributed by atoms with Gasteiger partial charge in [0.1, 0.15) is 5.82 Å². The molecule has 0 unspecified atom stereocenters. The number of hydrogen-bond acceptors (Lipinski definition) is 3. The number of aromatic nitrogens is 1. The molecule has 18 heavy (non-hydrogen) atoms. The van der Waals surface area contributed by atoms with Crippen molar-refractivity contribution in [3.8, 4) is 0 Å². The zero-order valence-corrected chi connectivity index (χ0v) is 12.0. The molecule has 0 amide bonds. The number of anilines is 1. The molecule has 3 heteroatoms. The summed E-state index contributed by atoms with van der Waals surface area (Å²) < 4.78 is 0. The van der Waals surface area contributed by atoms with Gasteiger partial charge in [0.15, 0.2) is 0 Å². The Morgan fingerprint density at radius 3 is 2.61 bits per heavy atom. The summed E-state index contributed by atoms with van der Waals surface area (Å²) in [4.78, 5) is 6.83. The minimum atomic E-state index is 0.154. The third-order valence-electron chi connectivity index (χ3n) is 4.10. The molecule has 1 N–H and O–H groups in total. The van der Waals surface area contributed by atoms with Crippen LogP contribution in [0, 0.1) is 0 Å². The van der Waals surface area contributed by atoms with E-state index in [1.165, 1.54) is 18.4 Å². The summed E-state index contributed by atoms with van der Waals surface area (Å²) >= 11 is 0. The van der Waals surface area contributed by atoms with Crippen LogP contribution in [0.1, 0.15) is 45.6 Å². The first-order valence-electron chi connectivity index (χ1n) is 6.95. The monoisotopic (exact) mass is 247 g/mol. The maximum absolute atomic E-state index is 4.58. The van der Waals surface area contributed by atoms with Gasteiger partial charge in [0, 0.05) is 31.4 Å². The average molecular weight is 247 g/mol. The fourth-order valence-electron chi connectivity index (χ4n) is 1.82. The molecule has 0 atom stereocenters. The van der Waals surface area contributed by atoms with Gasteiger partial charge in [-0.1, -0.05) is 13.0 Å². The topological polar surface area (TPSA) is 28.2 Å². The summed E-state index contributed by atoms with van der Waals surface area (Å²) in [7, 11) is 2.12. The minimum Gasteiger partial charge on any atom is -0.355 e. The lowest BCUT2D eigenvalue weighted by Crippen LogP contribution is -2.41. The van der Waals surface area contributed by atoms with Gasteiger partial charge < -0.3 is 10.2 Å². The van der Waals surface area contributed by atoms with Crippen LogP contribution in [0.4, 0.5) is 5.82 Å². The summed E-state index contributed by atoms with van der Waals surface area (Å²) in [5.74, 6) is 1.05. The Morgan fingerprint density at radius 2 is 2.11 bits per heavy atom. The van der Waals surface area contributed by atoms with Gasteiger partial charge in [0.25, 0.3) is 0 Å². The molecule has 1 saturated carbocycles. The summed E-state index contributed by atoms with van der Waals surface area (Å²) in [5.41, 5.74) is 1.43. The molecule has 0 spiro atoms. The van der Waals surface area contributed by atoms with Crippen molar-refractivity contribution in [1.29, 1.82) is 0 Å². The summed E-state index contributed by atoms with van der Waals surface area (Å²) in [6.07, 6.45) is 5.76. The predicted molar refractivity (Wildman–Crippen MR) is 76.9 cm³/mol. The van der Waals surface area contributed by atoms with Gasteiger partial charge in [0.2, 0.25) is 0 Å². The van der Waals surface area contributed by atoms with Crippen LogP contribution in [0.3, 0.4) is 0 Å². The maximum Gasteiger partial charge on any atom is 0.128 e. The highest BCUT2D eigenvalue weighted by atomic mass is 15.2. The van der Waals surface area contributed by atoms with Gasteiger partial charge in [0.05, 0.1) is 0 Å². The van der Waals surface area contributed by atoms with Crippen LogP contribution in [-0.4, -0.2) is 23.6 Å². The van der Waals surface area contributed by atoms with Crippen molar-refractivity contribution >= 4 is 5.82 Å². The van der Waals surface area contributed by atoms with Gasteiger partial charge in [-0.3, -0.25) is 0 Å². The van der Waals surface area contributed by atoms with Crippen LogP contribution in [-0.2, 0) is 6.54 Å². The molecular weight excluding hydrogens is 222 g/mol. The van der Waals surface area contributed by atoms with Gasteiger partial charge in [-0.25, -0.2) is 4.98 Å². The molecule has 0 aromatic carbocycles.